The van der Waals surface area contributed by atoms with Gasteiger partial charge in [0.05, 0.1) is 4.88 Å². The average Bonchev–Trinajstić information content (AvgIpc) is 2.48. The van der Waals surface area contributed by atoms with Gasteiger partial charge in [-0.1, -0.05) is 11.3 Å². The Balaban J connectivity index is 2.52. The van der Waals surface area contributed by atoms with E-state index in [1.165, 1.54) is 12.1 Å². The Morgan fingerprint density at radius 2 is 2.42 bits per heavy atom. The molecule has 64 valence electrons. The molecule has 1 aromatic heterocycles. The van der Waals surface area contributed by atoms with E-state index in [9.17, 15) is 14.0 Å². The molecule has 0 aliphatic heterocycles. The zero-order valence-electron chi connectivity index (χ0n) is 5.95. The lowest BCUT2D eigenvalue weighted by atomic mass is 10.5. The fraction of sp³-hybridized carbons (Fsp3) is 0.143. The van der Waals surface area contributed by atoms with Gasteiger partial charge in [0.15, 0.2) is 18.0 Å². The van der Waals surface area contributed by atoms with E-state index < -0.39 is 12.6 Å². The van der Waals surface area contributed by atoms with Crippen LogP contribution < -0.4 is 4.74 Å². The number of carbonyl (C=O) groups excluding carboxylic acids is 2. The molecule has 12 heavy (non-hydrogen) atoms. The van der Waals surface area contributed by atoms with Crippen molar-refractivity contribution in [3.63, 3.8) is 0 Å². The minimum absolute atomic E-state index is 0.364. The number of hydrogen-bond acceptors (Lipinski definition) is 4. The lowest BCUT2D eigenvalue weighted by Gasteiger charge is -1.95. The van der Waals surface area contributed by atoms with Crippen LogP contribution in [0.3, 0.4) is 0 Å². The van der Waals surface area contributed by atoms with Crippen molar-refractivity contribution < 1.29 is 18.7 Å². The molecule has 0 aliphatic rings. The number of aldehydes is 1. The topological polar surface area (TPSA) is 43.4 Å². The molecule has 0 radical (unpaired) electrons. The fourth-order valence-electron chi connectivity index (χ4n) is 0.603. The number of halogens is 1. The Morgan fingerprint density at radius 3 is 2.92 bits per heavy atom. The van der Waals surface area contributed by atoms with E-state index in [-0.39, 0.29) is 0 Å². The Labute approximate surface area is 71.8 Å². The van der Waals surface area contributed by atoms with Crippen LogP contribution in [0.5, 0.6) is 5.06 Å². The maximum absolute atomic E-state index is 11.6. The van der Waals surface area contributed by atoms with Gasteiger partial charge in [0.2, 0.25) is 0 Å². The maximum atomic E-state index is 11.6. The van der Waals surface area contributed by atoms with Gasteiger partial charge in [-0.3, -0.25) is 9.59 Å². The molecule has 1 heterocycles. The summed E-state index contributed by atoms with van der Waals surface area (Å²) in [6.07, 6.45) is 0.662. The summed E-state index contributed by atoms with van der Waals surface area (Å²) in [5.74, 6) is 0. The second kappa shape index (κ2) is 3.96. The Bertz CT molecular complexity index is 295. The van der Waals surface area contributed by atoms with E-state index in [2.05, 4.69) is 4.74 Å². The van der Waals surface area contributed by atoms with Crippen molar-refractivity contribution in [3.8, 4) is 5.06 Å². The molecule has 0 aromatic carbocycles. The third-order valence-electron chi connectivity index (χ3n) is 1.05. The molecule has 1 aromatic rings. The lowest BCUT2D eigenvalue weighted by Crippen LogP contribution is -2.03. The van der Waals surface area contributed by atoms with Crippen LogP contribution in [-0.2, 0) is 4.79 Å². The summed E-state index contributed by atoms with van der Waals surface area (Å²) in [5, 5.41) is 0.364. The van der Waals surface area contributed by atoms with Gasteiger partial charge in [-0.05, 0) is 12.1 Å². The van der Waals surface area contributed by atoms with Crippen LogP contribution in [0.25, 0.3) is 0 Å². The highest BCUT2D eigenvalue weighted by Crippen LogP contribution is 2.22. The fourth-order valence-corrected chi connectivity index (χ4v) is 1.27. The average molecular weight is 188 g/mol. The van der Waals surface area contributed by atoms with E-state index in [0.717, 1.165) is 11.3 Å². The van der Waals surface area contributed by atoms with Crippen molar-refractivity contribution in [1.29, 1.82) is 0 Å². The van der Waals surface area contributed by atoms with E-state index >= 15 is 0 Å². The molecule has 0 amide bonds. The zero-order chi connectivity index (χ0) is 8.97. The van der Waals surface area contributed by atoms with Crippen molar-refractivity contribution in [2.24, 2.45) is 0 Å². The second-order valence-electron chi connectivity index (χ2n) is 1.92. The number of carbonyl (C=O) groups is 2. The van der Waals surface area contributed by atoms with E-state index in [4.69, 9.17) is 0 Å². The van der Waals surface area contributed by atoms with Gasteiger partial charge in [0.1, 0.15) is 0 Å². The first-order valence-electron chi connectivity index (χ1n) is 3.08. The van der Waals surface area contributed by atoms with Gasteiger partial charge >= 0.3 is 6.04 Å². The van der Waals surface area contributed by atoms with Gasteiger partial charge in [0, 0.05) is 0 Å². The predicted octanol–water partition coefficient (Wildman–Crippen LogP) is 1.44. The number of thiophene rings is 1. The molecule has 0 saturated heterocycles. The zero-order valence-corrected chi connectivity index (χ0v) is 6.77. The van der Waals surface area contributed by atoms with Crippen LogP contribution in [0.15, 0.2) is 12.1 Å². The monoisotopic (exact) mass is 188 g/mol. The molecule has 5 heteroatoms. The van der Waals surface area contributed by atoms with Crippen LogP contribution in [-0.4, -0.2) is 18.9 Å². The van der Waals surface area contributed by atoms with Crippen LogP contribution in [0, 0.1) is 0 Å². The largest absolute Gasteiger partial charge is 0.473 e. The van der Waals surface area contributed by atoms with E-state index in [1.807, 2.05) is 0 Å². The standard InChI is InChI=1S/C7H5FO3S/c8-6(10)4-11-7-2-1-5(3-9)12-7/h1-3H,4H2. The van der Waals surface area contributed by atoms with Crippen molar-refractivity contribution in [2.75, 3.05) is 6.61 Å². The first kappa shape index (κ1) is 8.86. The van der Waals surface area contributed by atoms with Gasteiger partial charge in [0.25, 0.3) is 0 Å². The van der Waals surface area contributed by atoms with Crippen LogP contribution in [0.4, 0.5) is 4.39 Å². The molecule has 0 fully saturated rings. The summed E-state index contributed by atoms with van der Waals surface area (Å²) in [6, 6.07) is 1.52. The molecule has 0 spiro atoms. The normalized spacial score (nSPS) is 9.42. The lowest BCUT2D eigenvalue weighted by molar-refractivity contribution is -0.131. The minimum Gasteiger partial charge on any atom is -0.473 e. The quantitative estimate of drug-likeness (QED) is 0.530. The minimum atomic E-state index is -1.53. The van der Waals surface area contributed by atoms with Crippen LogP contribution >= 0.6 is 11.3 Å². The van der Waals surface area contributed by atoms with Crippen molar-refractivity contribution in [3.05, 3.63) is 17.0 Å². The molecular weight excluding hydrogens is 183 g/mol. The predicted molar refractivity (Wildman–Crippen MR) is 41.3 cm³/mol. The van der Waals surface area contributed by atoms with Crippen LogP contribution in [0.1, 0.15) is 9.67 Å². The summed E-state index contributed by atoms with van der Waals surface area (Å²) in [6.45, 7) is -0.598. The second-order valence-corrected chi connectivity index (χ2v) is 3.00. The first-order chi connectivity index (χ1) is 5.72. The van der Waals surface area contributed by atoms with Gasteiger partial charge < -0.3 is 4.74 Å². The van der Waals surface area contributed by atoms with Gasteiger partial charge in [-0.15, -0.1) is 0 Å². The molecule has 1 rings (SSSR count). The third-order valence-corrected chi connectivity index (χ3v) is 1.97. The Hall–Kier alpha value is -1.23. The summed E-state index contributed by atoms with van der Waals surface area (Å²) in [7, 11) is 0. The summed E-state index contributed by atoms with van der Waals surface area (Å²) in [4.78, 5) is 20.5. The molecule has 0 N–H and O–H groups in total. The third kappa shape index (κ3) is 2.43. The van der Waals surface area contributed by atoms with Crippen molar-refractivity contribution in [2.45, 2.75) is 0 Å². The number of rotatable bonds is 4. The Morgan fingerprint density at radius 1 is 1.67 bits per heavy atom. The molecule has 0 atom stereocenters. The van der Waals surface area contributed by atoms with Gasteiger partial charge in [-0.2, -0.15) is 4.39 Å². The van der Waals surface area contributed by atoms with Gasteiger partial charge in [-0.25, -0.2) is 0 Å². The highest BCUT2D eigenvalue weighted by atomic mass is 32.1. The molecule has 0 aliphatic carbocycles. The molecule has 0 bridgehead atoms. The summed E-state index contributed by atoms with van der Waals surface area (Å²) in [5.41, 5.74) is 0. The Kier molecular flexibility index (Phi) is 2.93. The number of ether oxygens (including phenoxy) is 1. The smallest absolute Gasteiger partial charge is 0.338 e. The molecular formula is C7H5FO3S. The molecule has 3 nitrogen and oxygen atoms in total. The summed E-state index contributed by atoms with van der Waals surface area (Å²) >= 11 is 1.07. The van der Waals surface area contributed by atoms with Crippen molar-refractivity contribution in [1.82, 2.24) is 0 Å². The molecule has 0 saturated carbocycles. The van der Waals surface area contributed by atoms with E-state index in [0.29, 0.717) is 16.2 Å². The van der Waals surface area contributed by atoms with Crippen molar-refractivity contribution >= 4 is 23.7 Å². The highest BCUT2D eigenvalue weighted by Gasteiger charge is 2.02. The van der Waals surface area contributed by atoms with E-state index in [1.54, 1.807) is 0 Å². The number of hydrogen-bond donors (Lipinski definition) is 0. The maximum Gasteiger partial charge on any atom is 0.338 e. The molecule has 0 unspecified atom stereocenters. The van der Waals surface area contributed by atoms with Crippen LogP contribution in [0.2, 0.25) is 0 Å². The summed E-state index contributed by atoms with van der Waals surface area (Å²) < 4.78 is 16.3. The highest BCUT2D eigenvalue weighted by molar-refractivity contribution is 7.15. The SMILES string of the molecule is O=Cc1ccc(OCC(=O)F)s1. The first-order valence-corrected chi connectivity index (χ1v) is 3.90.